The number of hydrogen-bond donors (Lipinski definition) is 1. The van der Waals surface area contributed by atoms with Crippen LogP contribution in [0.2, 0.25) is 0 Å². The molecule has 2 aromatic rings. The van der Waals surface area contributed by atoms with E-state index in [0.29, 0.717) is 6.42 Å². The normalized spacial score (nSPS) is 11.9. The molecule has 19 heavy (non-hydrogen) atoms. The second kappa shape index (κ2) is 6.06. The zero-order chi connectivity index (χ0) is 13.7. The lowest BCUT2D eigenvalue weighted by molar-refractivity contribution is -0.142. The molecule has 0 saturated heterocycles. The molecule has 2 heterocycles. The summed E-state index contributed by atoms with van der Waals surface area (Å²) in [5.74, 6) is -0.420. The molecule has 0 bridgehead atoms. The summed E-state index contributed by atoms with van der Waals surface area (Å²) < 4.78 is 4.61. The number of hydrogen-bond acceptors (Lipinski definition) is 5. The predicted molar refractivity (Wildman–Crippen MR) is 71.2 cm³/mol. The molecule has 2 aromatic heterocycles. The monoisotopic (exact) mass is 257 g/mol. The Balaban J connectivity index is 2.18. The van der Waals surface area contributed by atoms with Gasteiger partial charge in [-0.2, -0.15) is 0 Å². The fraction of sp³-hybridized carbons (Fsp3) is 0.214. The van der Waals surface area contributed by atoms with E-state index in [9.17, 15) is 4.79 Å². The van der Waals surface area contributed by atoms with Crippen LogP contribution < -0.4 is 5.73 Å². The zero-order valence-corrected chi connectivity index (χ0v) is 10.6. The highest BCUT2D eigenvalue weighted by Gasteiger charge is 2.14. The lowest BCUT2D eigenvalue weighted by Gasteiger charge is -2.09. The summed E-state index contributed by atoms with van der Waals surface area (Å²) in [5, 5.41) is 0. The molecule has 0 aromatic carbocycles. The average Bonchev–Trinajstić information content (AvgIpc) is 2.47. The van der Waals surface area contributed by atoms with Crippen molar-refractivity contribution in [3.05, 3.63) is 48.3 Å². The van der Waals surface area contributed by atoms with Gasteiger partial charge < -0.3 is 10.5 Å². The molecule has 0 aliphatic heterocycles. The van der Waals surface area contributed by atoms with Crippen molar-refractivity contribution in [2.75, 3.05) is 7.11 Å². The third-order valence-electron chi connectivity index (χ3n) is 2.71. The second-order valence-electron chi connectivity index (χ2n) is 4.10. The Morgan fingerprint density at radius 1 is 1.26 bits per heavy atom. The van der Waals surface area contributed by atoms with Gasteiger partial charge in [-0.3, -0.25) is 14.8 Å². The van der Waals surface area contributed by atoms with E-state index in [1.54, 1.807) is 12.4 Å². The largest absolute Gasteiger partial charge is 0.468 e. The number of pyridine rings is 2. The summed E-state index contributed by atoms with van der Waals surface area (Å²) in [7, 11) is 1.33. The zero-order valence-electron chi connectivity index (χ0n) is 10.6. The Bertz CT molecular complexity index is 558. The molecule has 0 saturated carbocycles. The lowest BCUT2D eigenvalue weighted by atomic mass is 10.1. The molecule has 98 valence electrons. The van der Waals surface area contributed by atoms with Gasteiger partial charge in [0.25, 0.3) is 0 Å². The van der Waals surface area contributed by atoms with Crippen LogP contribution in [0.4, 0.5) is 0 Å². The molecule has 0 amide bonds. The Hall–Kier alpha value is -2.27. The van der Waals surface area contributed by atoms with Gasteiger partial charge in [0.15, 0.2) is 0 Å². The molecule has 0 aliphatic carbocycles. The molecule has 0 fully saturated rings. The quantitative estimate of drug-likeness (QED) is 0.832. The summed E-state index contributed by atoms with van der Waals surface area (Å²) in [6.07, 6.45) is 3.81. The first-order chi connectivity index (χ1) is 9.20. The summed E-state index contributed by atoms with van der Waals surface area (Å²) >= 11 is 0. The SMILES string of the molecule is COC(=O)[C@H](N)Cc1ccnc(-c2ccccn2)c1. The summed E-state index contributed by atoms with van der Waals surface area (Å²) in [5.41, 5.74) is 8.21. The number of nitrogens with two attached hydrogens (primary N) is 1. The van der Waals surface area contributed by atoms with Crippen molar-refractivity contribution in [2.24, 2.45) is 5.73 Å². The summed E-state index contributed by atoms with van der Waals surface area (Å²) in [6.45, 7) is 0. The van der Waals surface area contributed by atoms with E-state index in [0.717, 1.165) is 17.0 Å². The minimum absolute atomic E-state index is 0.412. The summed E-state index contributed by atoms with van der Waals surface area (Å²) in [6, 6.07) is 8.67. The number of ether oxygens (including phenoxy) is 1. The van der Waals surface area contributed by atoms with Crippen molar-refractivity contribution in [1.29, 1.82) is 0 Å². The van der Waals surface area contributed by atoms with Crippen LogP contribution in [0.3, 0.4) is 0 Å². The Morgan fingerprint density at radius 3 is 2.74 bits per heavy atom. The van der Waals surface area contributed by atoms with Crippen LogP contribution in [-0.4, -0.2) is 29.1 Å². The number of carbonyl (C=O) groups excluding carboxylic acids is 1. The van der Waals surface area contributed by atoms with Crippen LogP contribution in [0.5, 0.6) is 0 Å². The molecular weight excluding hydrogens is 242 g/mol. The number of nitrogens with zero attached hydrogens (tertiary/aromatic N) is 2. The molecule has 5 heteroatoms. The fourth-order valence-electron chi connectivity index (χ4n) is 1.74. The van der Waals surface area contributed by atoms with E-state index < -0.39 is 12.0 Å². The minimum atomic E-state index is -0.663. The van der Waals surface area contributed by atoms with E-state index >= 15 is 0 Å². The molecule has 1 atom stereocenters. The van der Waals surface area contributed by atoms with Gasteiger partial charge in [-0.25, -0.2) is 0 Å². The van der Waals surface area contributed by atoms with Gasteiger partial charge in [-0.15, -0.1) is 0 Å². The van der Waals surface area contributed by atoms with Gasteiger partial charge in [-0.05, 0) is 36.2 Å². The van der Waals surface area contributed by atoms with E-state index in [1.807, 2.05) is 30.3 Å². The van der Waals surface area contributed by atoms with E-state index in [2.05, 4.69) is 14.7 Å². The van der Waals surface area contributed by atoms with Crippen molar-refractivity contribution in [3.63, 3.8) is 0 Å². The topological polar surface area (TPSA) is 78.1 Å². The predicted octanol–water partition coefficient (Wildman–Crippen LogP) is 1.19. The first-order valence-corrected chi connectivity index (χ1v) is 5.90. The third kappa shape index (κ3) is 3.35. The average molecular weight is 257 g/mol. The van der Waals surface area contributed by atoms with E-state index in [4.69, 9.17) is 5.73 Å². The van der Waals surface area contributed by atoms with Gasteiger partial charge in [-0.1, -0.05) is 6.07 Å². The van der Waals surface area contributed by atoms with Crippen LogP contribution in [0, 0.1) is 0 Å². The third-order valence-corrected chi connectivity index (χ3v) is 2.71. The molecule has 0 unspecified atom stereocenters. The Morgan fingerprint density at radius 2 is 2.05 bits per heavy atom. The molecule has 5 nitrogen and oxygen atoms in total. The van der Waals surface area contributed by atoms with Gasteiger partial charge in [0.05, 0.1) is 18.5 Å². The van der Waals surface area contributed by atoms with Crippen LogP contribution in [-0.2, 0) is 16.0 Å². The van der Waals surface area contributed by atoms with E-state index in [1.165, 1.54) is 7.11 Å². The van der Waals surface area contributed by atoms with E-state index in [-0.39, 0.29) is 0 Å². The highest BCUT2D eigenvalue weighted by atomic mass is 16.5. The van der Waals surface area contributed by atoms with Crippen molar-refractivity contribution >= 4 is 5.97 Å². The molecule has 2 rings (SSSR count). The number of esters is 1. The van der Waals surface area contributed by atoms with Crippen LogP contribution in [0.1, 0.15) is 5.56 Å². The first kappa shape index (κ1) is 13.2. The van der Waals surface area contributed by atoms with Crippen molar-refractivity contribution in [3.8, 4) is 11.4 Å². The Labute approximate surface area is 111 Å². The maximum atomic E-state index is 11.3. The molecule has 0 radical (unpaired) electrons. The van der Waals surface area contributed by atoms with Crippen LogP contribution in [0.25, 0.3) is 11.4 Å². The second-order valence-corrected chi connectivity index (χ2v) is 4.10. The minimum Gasteiger partial charge on any atom is -0.468 e. The summed E-state index contributed by atoms with van der Waals surface area (Å²) in [4.78, 5) is 19.8. The number of methoxy groups -OCH3 is 1. The van der Waals surface area contributed by atoms with Crippen molar-refractivity contribution < 1.29 is 9.53 Å². The van der Waals surface area contributed by atoms with Gasteiger partial charge >= 0.3 is 5.97 Å². The molecular formula is C14H15N3O2. The van der Waals surface area contributed by atoms with Crippen molar-refractivity contribution in [1.82, 2.24) is 9.97 Å². The first-order valence-electron chi connectivity index (χ1n) is 5.90. The lowest BCUT2D eigenvalue weighted by Crippen LogP contribution is -2.33. The fourth-order valence-corrected chi connectivity index (χ4v) is 1.74. The molecule has 0 spiro atoms. The van der Waals surface area contributed by atoms with Crippen LogP contribution in [0.15, 0.2) is 42.7 Å². The highest BCUT2D eigenvalue weighted by Crippen LogP contribution is 2.15. The smallest absolute Gasteiger partial charge is 0.322 e. The van der Waals surface area contributed by atoms with Crippen molar-refractivity contribution in [2.45, 2.75) is 12.5 Å². The maximum absolute atomic E-state index is 11.3. The standard InChI is InChI=1S/C14H15N3O2/c1-19-14(18)11(15)8-10-5-7-17-13(9-10)12-4-2-3-6-16-12/h2-7,9,11H,8,15H2,1H3/t11-/m1/s1. The molecule has 2 N–H and O–H groups in total. The number of rotatable bonds is 4. The van der Waals surface area contributed by atoms with Gasteiger partial charge in [0.2, 0.25) is 0 Å². The van der Waals surface area contributed by atoms with Crippen LogP contribution >= 0.6 is 0 Å². The number of aromatic nitrogens is 2. The maximum Gasteiger partial charge on any atom is 0.322 e. The van der Waals surface area contributed by atoms with Gasteiger partial charge in [0.1, 0.15) is 6.04 Å². The molecule has 0 aliphatic rings. The highest BCUT2D eigenvalue weighted by molar-refractivity contribution is 5.75. The Kier molecular flexibility index (Phi) is 4.20. The van der Waals surface area contributed by atoms with Gasteiger partial charge in [0, 0.05) is 12.4 Å². The number of carbonyl (C=O) groups is 1.